The summed E-state index contributed by atoms with van der Waals surface area (Å²) < 4.78 is 1.77. The molecule has 114 valence electrons. The molecule has 0 saturated heterocycles. The van der Waals surface area contributed by atoms with E-state index in [1.165, 1.54) is 12.5 Å². The van der Waals surface area contributed by atoms with Gasteiger partial charge in [-0.05, 0) is 17.2 Å². The standard InChI is InChI=1S/C16H13ClN6/c17-15-5-14(6-18)8-21-16(15)20-7-12-2-1-3-13(4-12)9-23-11-19-10-22-23/h1-5,8,10-11H,7,9H2,(H,20,21). The van der Waals surface area contributed by atoms with Crippen molar-refractivity contribution in [2.75, 3.05) is 5.32 Å². The number of benzene rings is 1. The Balaban J connectivity index is 1.68. The molecule has 23 heavy (non-hydrogen) atoms. The van der Waals surface area contributed by atoms with Crippen LogP contribution in [0, 0.1) is 11.3 Å². The van der Waals surface area contributed by atoms with Gasteiger partial charge in [0.25, 0.3) is 0 Å². The Morgan fingerprint density at radius 2 is 2.13 bits per heavy atom. The van der Waals surface area contributed by atoms with E-state index in [2.05, 4.69) is 26.4 Å². The van der Waals surface area contributed by atoms with E-state index < -0.39 is 0 Å². The number of nitrogens with zero attached hydrogens (tertiary/aromatic N) is 5. The van der Waals surface area contributed by atoms with Gasteiger partial charge in [-0.25, -0.2) is 14.6 Å². The van der Waals surface area contributed by atoms with Crippen molar-refractivity contribution in [3.63, 3.8) is 0 Å². The van der Waals surface area contributed by atoms with Crippen LogP contribution in [0.5, 0.6) is 0 Å². The van der Waals surface area contributed by atoms with Crippen LogP contribution in [0.15, 0.2) is 49.2 Å². The normalized spacial score (nSPS) is 10.3. The van der Waals surface area contributed by atoms with E-state index in [1.54, 1.807) is 17.1 Å². The second kappa shape index (κ2) is 6.90. The van der Waals surface area contributed by atoms with Crippen molar-refractivity contribution in [3.05, 3.63) is 70.9 Å². The molecule has 0 aliphatic heterocycles. The van der Waals surface area contributed by atoms with Crippen LogP contribution in [-0.4, -0.2) is 19.7 Å². The van der Waals surface area contributed by atoms with E-state index in [-0.39, 0.29) is 0 Å². The van der Waals surface area contributed by atoms with Crippen molar-refractivity contribution < 1.29 is 0 Å². The zero-order valence-corrected chi connectivity index (χ0v) is 12.9. The Bertz CT molecular complexity index is 838. The van der Waals surface area contributed by atoms with Crippen LogP contribution >= 0.6 is 11.6 Å². The van der Waals surface area contributed by atoms with Gasteiger partial charge >= 0.3 is 0 Å². The van der Waals surface area contributed by atoms with Crippen LogP contribution < -0.4 is 5.32 Å². The Morgan fingerprint density at radius 1 is 1.26 bits per heavy atom. The number of anilines is 1. The smallest absolute Gasteiger partial charge is 0.145 e. The molecule has 7 heteroatoms. The van der Waals surface area contributed by atoms with Gasteiger partial charge in [-0.2, -0.15) is 10.4 Å². The van der Waals surface area contributed by atoms with E-state index in [0.29, 0.717) is 29.5 Å². The SMILES string of the molecule is N#Cc1cnc(NCc2cccc(Cn3cncn3)c2)c(Cl)c1. The lowest BCUT2D eigenvalue weighted by Crippen LogP contribution is -2.04. The van der Waals surface area contributed by atoms with Crippen molar-refractivity contribution >= 4 is 17.4 Å². The van der Waals surface area contributed by atoms with Gasteiger partial charge in [0.2, 0.25) is 0 Å². The second-order valence-electron chi connectivity index (χ2n) is 4.93. The van der Waals surface area contributed by atoms with Gasteiger partial charge in [0.05, 0.1) is 17.1 Å². The predicted octanol–water partition coefficient (Wildman–Crippen LogP) is 2.86. The monoisotopic (exact) mass is 324 g/mol. The van der Waals surface area contributed by atoms with E-state index in [0.717, 1.165) is 11.1 Å². The average molecular weight is 325 g/mol. The largest absolute Gasteiger partial charge is 0.365 e. The van der Waals surface area contributed by atoms with Crippen molar-refractivity contribution in [1.82, 2.24) is 19.7 Å². The fourth-order valence-electron chi connectivity index (χ4n) is 2.15. The number of hydrogen-bond acceptors (Lipinski definition) is 5. The molecule has 0 amide bonds. The Morgan fingerprint density at radius 3 is 2.87 bits per heavy atom. The number of halogens is 1. The summed E-state index contributed by atoms with van der Waals surface area (Å²) in [6.45, 7) is 1.26. The lowest BCUT2D eigenvalue weighted by Gasteiger charge is -2.09. The average Bonchev–Trinajstić information content (AvgIpc) is 3.07. The zero-order valence-electron chi connectivity index (χ0n) is 12.1. The minimum Gasteiger partial charge on any atom is -0.365 e. The van der Waals surface area contributed by atoms with Crippen LogP contribution in [0.25, 0.3) is 0 Å². The highest BCUT2D eigenvalue weighted by Crippen LogP contribution is 2.20. The zero-order chi connectivity index (χ0) is 16.1. The third kappa shape index (κ3) is 3.84. The Hall–Kier alpha value is -2.91. The first-order valence-electron chi connectivity index (χ1n) is 6.94. The summed E-state index contributed by atoms with van der Waals surface area (Å²) in [6.07, 6.45) is 4.70. The number of rotatable bonds is 5. The molecule has 1 aromatic carbocycles. The van der Waals surface area contributed by atoms with Crippen molar-refractivity contribution in [2.24, 2.45) is 0 Å². The van der Waals surface area contributed by atoms with Gasteiger partial charge in [0.15, 0.2) is 0 Å². The molecule has 1 N–H and O–H groups in total. The van der Waals surface area contributed by atoms with E-state index in [4.69, 9.17) is 16.9 Å². The molecular formula is C16H13ClN6. The quantitative estimate of drug-likeness (QED) is 0.780. The third-order valence-electron chi connectivity index (χ3n) is 3.23. The van der Waals surface area contributed by atoms with Gasteiger partial charge in [-0.3, -0.25) is 0 Å². The summed E-state index contributed by atoms with van der Waals surface area (Å²) in [7, 11) is 0. The van der Waals surface area contributed by atoms with Crippen LogP contribution in [-0.2, 0) is 13.1 Å². The Kier molecular flexibility index (Phi) is 4.50. The van der Waals surface area contributed by atoms with Crippen LogP contribution in [0.4, 0.5) is 5.82 Å². The minimum absolute atomic E-state index is 0.433. The van der Waals surface area contributed by atoms with Crippen LogP contribution in [0.3, 0.4) is 0 Å². The summed E-state index contributed by atoms with van der Waals surface area (Å²) >= 11 is 6.11. The van der Waals surface area contributed by atoms with E-state index in [1.807, 2.05) is 24.3 Å². The van der Waals surface area contributed by atoms with Crippen molar-refractivity contribution in [3.8, 4) is 6.07 Å². The molecule has 3 aromatic rings. The van der Waals surface area contributed by atoms with Gasteiger partial charge in [0.1, 0.15) is 24.5 Å². The molecule has 0 fully saturated rings. The highest BCUT2D eigenvalue weighted by molar-refractivity contribution is 6.33. The maximum Gasteiger partial charge on any atom is 0.145 e. The molecule has 2 aromatic heterocycles. The molecule has 0 spiro atoms. The molecule has 0 bridgehead atoms. The number of hydrogen-bond donors (Lipinski definition) is 1. The summed E-state index contributed by atoms with van der Waals surface area (Å²) in [5.74, 6) is 0.562. The van der Waals surface area contributed by atoms with E-state index in [9.17, 15) is 0 Å². The molecule has 6 nitrogen and oxygen atoms in total. The fourth-order valence-corrected chi connectivity index (χ4v) is 2.39. The summed E-state index contributed by atoms with van der Waals surface area (Å²) in [5.41, 5.74) is 2.67. The van der Waals surface area contributed by atoms with Crippen LogP contribution in [0.2, 0.25) is 5.02 Å². The molecule has 0 atom stereocenters. The molecule has 0 unspecified atom stereocenters. The topological polar surface area (TPSA) is 79.4 Å². The second-order valence-corrected chi connectivity index (χ2v) is 5.34. The fraction of sp³-hybridized carbons (Fsp3) is 0.125. The van der Waals surface area contributed by atoms with Crippen LogP contribution in [0.1, 0.15) is 16.7 Å². The molecule has 0 radical (unpaired) electrons. The molecule has 0 saturated carbocycles. The molecule has 0 aliphatic rings. The first kappa shape index (κ1) is 15.0. The van der Waals surface area contributed by atoms with Crippen molar-refractivity contribution in [2.45, 2.75) is 13.1 Å². The van der Waals surface area contributed by atoms with Gasteiger partial charge in [0, 0.05) is 12.7 Å². The molecule has 0 aliphatic carbocycles. The highest BCUT2D eigenvalue weighted by Gasteiger charge is 2.04. The van der Waals surface area contributed by atoms with Crippen molar-refractivity contribution in [1.29, 1.82) is 5.26 Å². The number of aromatic nitrogens is 4. The molecule has 3 rings (SSSR count). The number of nitrogens with one attached hydrogen (secondary N) is 1. The summed E-state index contributed by atoms with van der Waals surface area (Å²) in [6, 6.07) is 11.8. The highest BCUT2D eigenvalue weighted by atomic mass is 35.5. The van der Waals surface area contributed by atoms with E-state index >= 15 is 0 Å². The maximum absolute atomic E-state index is 8.82. The Labute approximate surface area is 138 Å². The summed E-state index contributed by atoms with van der Waals surface area (Å²) in [4.78, 5) is 8.09. The van der Waals surface area contributed by atoms with Gasteiger partial charge in [-0.15, -0.1) is 0 Å². The summed E-state index contributed by atoms with van der Waals surface area (Å²) in [5, 5.41) is 16.5. The minimum atomic E-state index is 0.433. The predicted molar refractivity (Wildman–Crippen MR) is 86.9 cm³/mol. The molecule has 2 heterocycles. The lowest BCUT2D eigenvalue weighted by atomic mass is 10.1. The number of pyridine rings is 1. The first-order chi connectivity index (χ1) is 11.2. The first-order valence-corrected chi connectivity index (χ1v) is 7.32. The maximum atomic E-state index is 8.82. The molecular weight excluding hydrogens is 312 g/mol. The van der Waals surface area contributed by atoms with Gasteiger partial charge < -0.3 is 5.32 Å². The number of nitriles is 1. The third-order valence-corrected chi connectivity index (χ3v) is 3.52. The van der Waals surface area contributed by atoms with Gasteiger partial charge in [-0.1, -0.05) is 35.9 Å². The lowest BCUT2D eigenvalue weighted by molar-refractivity contribution is 0.684.